The number of carbonyl (C=O) groups excluding carboxylic acids is 1. The van der Waals surface area contributed by atoms with Gasteiger partial charge in [0.05, 0.1) is 6.04 Å². The van der Waals surface area contributed by atoms with Crippen LogP contribution in [0, 0.1) is 6.92 Å². The minimum absolute atomic E-state index is 0.206. The molecular weight excluding hydrogens is 312 g/mol. The second-order valence-corrected chi connectivity index (χ2v) is 6.85. The SMILES string of the molecule is CCN(C)[C@H](C(=O)N1CCC[C@H](n2ccnc2C)C1)c1ccccc1. The van der Waals surface area contributed by atoms with E-state index in [4.69, 9.17) is 0 Å². The Morgan fingerprint density at radius 1 is 1.36 bits per heavy atom. The number of amides is 1. The summed E-state index contributed by atoms with van der Waals surface area (Å²) in [5.41, 5.74) is 1.07. The number of carbonyl (C=O) groups is 1. The van der Waals surface area contributed by atoms with Gasteiger partial charge in [-0.3, -0.25) is 9.69 Å². The Labute approximate surface area is 150 Å². The molecule has 0 N–H and O–H groups in total. The van der Waals surface area contributed by atoms with E-state index in [0.717, 1.165) is 43.9 Å². The Hall–Kier alpha value is -2.14. The fraction of sp³-hybridized carbons (Fsp3) is 0.500. The van der Waals surface area contributed by atoms with E-state index in [1.165, 1.54) is 0 Å². The van der Waals surface area contributed by atoms with Crippen LogP contribution in [0.2, 0.25) is 0 Å². The van der Waals surface area contributed by atoms with Gasteiger partial charge in [-0.25, -0.2) is 4.98 Å². The van der Waals surface area contributed by atoms with Crippen LogP contribution in [0.1, 0.15) is 43.2 Å². The number of rotatable bonds is 5. The van der Waals surface area contributed by atoms with Crippen molar-refractivity contribution in [3.05, 3.63) is 54.1 Å². The highest BCUT2D eigenvalue weighted by Crippen LogP contribution is 2.27. The quantitative estimate of drug-likeness (QED) is 0.840. The molecule has 134 valence electrons. The first kappa shape index (κ1) is 17.7. The number of nitrogens with zero attached hydrogens (tertiary/aromatic N) is 4. The molecule has 5 heteroatoms. The van der Waals surface area contributed by atoms with Crippen molar-refractivity contribution < 1.29 is 4.79 Å². The highest BCUT2D eigenvalue weighted by Gasteiger charge is 2.32. The van der Waals surface area contributed by atoms with Gasteiger partial charge in [0, 0.05) is 25.5 Å². The van der Waals surface area contributed by atoms with E-state index in [1.54, 1.807) is 0 Å². The van der Waals surface area contributed by atoms with Crippen LogP contribution in [0.5, 0.6) is 0 Å². The number of likely N-dealkylation sites (N-methyl/N-ethyl adjacent to an activating group) is 1. The third-order valence-electron chi connectivity index (χ3n) is 5.25. The standard InChI is InChI=1S/C20H28N4O/c1-4-22(3)19(17-9-6-5-7-10-17)20(25)23-13-8-11-18(15-23)24-14-12-21-16(24)2/h5-7,9-10,12,14,18-19H,4,8,11,13,15H2,1-3H3/t18-,19-/m0/s1. The third-order valence-corrected chi connectivity index (χ3v) is 5.25. The van der Waals surface area contributed by atoms with Gasteiger partial charge in [0.25, 0.3) is 0 Å². The molecule has 1 aromatic heterocycles. The third kappa shape index (κ3) is 3.76. The van der Waals surface area contributed by atoms with Gasteiger partial charge in [0.15, 0.2) is 0 Å². The lowest BCUT2D eigenvalue weighted by Gasteiger charge is -2.38. The minimum Gasteiger partial charge on any atom is -0.339 e. The van der Waals surface area contributed by atoms with E-state index in [2.05, 4.69) is 33.5 Å². The summed E-state index contributed by atoms with van der Waals surface area (Å²) in [6.45, 7) is 6.56. The van der Waals surface area contributed by atoms with Crippen molar-refractivity contribution in [2.75, 3.05) is 26.7 Å². The summed E-state index contributed by atoms with van der Waals surface area (Å²) in [5.74, 6) is 1.22. The van der Waals surface area contributed by atoms with Crippen LogP contribution in [-0.2, 0) is 4.79 Å². The van der Waals surface area contributed by atoms with Crippen molar-refractivity contribution in [2.24, 2.45) is 0 Å². The number of imidazole rings is 1. The van der Waals surface area contributed by atoms with Gasteiger partial charge in [-0.05, 0) is 38.9 Å². The van der Waals surface area contributed by atoms with Crippen LogP contribution in [0.25, 0.3) is 0 Å². The van der Waals surface area contributed by atoms with Crippen molar-refractivity contribution in [2.45, 2.75) is 38.8 Å². The molecule has 3 rings (SSSR count). The molecule has 25 heavy (non-hydrogen) atoms. The lowest BCUT2D eigenvalue weighted by Crippen LogP contribution is -2.46. The maximum Gasteiger partial charge on any atom is 0.244 e. The van der Waals surface area contributed by atoms with Crippen molar-refractivity contribution in [1.29, 1.82) is 0 Å². The number of piperidine rings is 1. The topological polar surface area (TPSA) is 41.4 Å². The normalized spacial score (nSPS) is 19.2. The van der Waals surface area contributed by atoms with Crippen molar-refractivity contribution in [3.63, 3.8) is 0 Å². The molecule has 1 amide bonds. The zero-order valence-electron chi connectivity index (χ0n) is 15.4. The molecule has 0 unspecified atom stereocenters. The average Bonchev–Trinajstić information content (AvgIpc) is 3.08. The molecule has 2 heterocycles. The zero-order valence-corrected chi connectivity index (χ0v) is 15.4. The average molecular weight is 340 g/mol. The van der Waals surface area contributed by atoms with Gasteiger partial charge in [-0.1, -0.05) is 37.3 Å². The van der Waals surface area contributed by atoms with Gasteiger partial charge in [-0.15, -0.1) is 0 Å². The first-order valence-electron chi connectivity index (χ1n) is 9.15. The highest BCUT2D eigenvalue weighted by atomic mass is 16.2. The fourth-order valence-corrected chi connectivity index (χ4v) is 3.73. The van der Waals surface area contributed by atoms with Crippen LogP contribution in [0.3, 0.4) is 0 Å². The summed E-state index contributed by atoms with van der Waals surface area (Å²) in [7, 11) is 2.02. The van der Waals surface area contributed by atoms with Crippen molar-refractivity contribution >= 4 is 5.91 Å². The zero-order chi connectivity index (χ0) is 17.8. The summed E-state index contributed by atoms with van der Waals surface area (Å²) in [6.07, 6.45) is 6.00. The summed E-state index contributed by atoms with van der Waals surface area (Å²) < 4.78 is 2.21. The first-order valence-corrected chi connectivity index (χ1v) is 9.15. The number of likely N-dealkylation sites (tertiary alicyclic amines) is 1. The van der Waals surface area contributed by atoms with Crippen molar-refractivity contribution in [3.8, 4) is 0 Å². The second-order valence-electron chi connectivity index (χ2n) is 6.85. The lowest BCUT2D eigenvalue weighted by molar-refractivity contribution is -0.138. The van der Waals surface area contributed by atoms with Crippen LogP contribution in [0.15, 0.2) is 42.7 Å². The molecule has 0 saturated carbocycles. The summed E-state index contributed by atoms with van der Waals surface area (Å²) in [6, 6.07) is 10.2. The molecule has 1 saturated heterocycles. The predicted octanol–water partition coefficient (Wildman–Crippen LogP) is 3.05. The smallest absolute Gasteiger partial charge is 0.244 e. The van der Waals surface area contributed by atoms with Gasteiger partial charge < -0.3 is 9.47 Å². The number of hydrogen-bond donors (Lipinski definition) is 0. The van der Waals surface area contributed by atoms with E-state index in [-0.39, 0.29) is 11.9 Å². The van der Waals surface area contributed by atoms with Crippen LogP contribution < -0.4 is 0 Å². The maximum atomic E-state index is 13.4. The minimum atomic E-state index is -0.214. The molecule has 1 aliphatic heterocycles. The van der Waals surface area contributed by atoms with E-state index >= 15 is 0 Å². The molecule has 0 spiro atoms. The Bertz CT molecular complexity index is 697. The molecule has 2 atom stereocenters. The molecule has 0 aliphatic carbocycles. The van der Waals surface area contributed by atoms with Gasteiger partial charge in [0.2, 0.25) is 5.91 Å². The van der Waals surface area contributed by atoms with E-state index < -0.39 is 0 Å². The lowest BCUT2D eigenvalue weighted by atomic mass is 10.0. The van der Waals surface area contributed by atoms with Gasteiger partial charge >= 0.3 is 0 Å². The van der Waals surface area contributed by atoms with Gasteiger partial charge in [0.1, 0.15) is 11.9 Å². The Morgan fingerprint density at radius 2 is 2.12 bits per heavy atom. The Kier molecular flexibility index (Phi) is 5.53. The highest BCUT2D eigenvalue weighted by molar-refractivity contribution is 5.83. The van der Waals surface area contributed by atoms with E-state index in [0.29, 0.717) is 6.04 Å². The molecule has 1 aromatic carbocycles. The first-order chi connectivity index (χ1) is 12.1. The van der Waals surface area contributed by atoms with Crippen LogP contribution in [-0.4, -0.2) is 51.9 Å². The summed E-state index contributed by atoms with van der Waals surface area (Å²) in [5, 5.41) is 0. The molecule has 1 fully saturated rings. The number of hydrogen-bond acceptors (Lipinski definition) is 3. The largest absolute Gasteiger partial charge is 0.339 e. The Balaban J connectivity index is 1.81. The summed E-state index contributed by atoms with van der Waals surface area (Å²) >= 11 is 0. The molecule has 1 aliphatic rings. The number of benzene rings is 1. The molecular formula is C20H28N4O. The monoisotopic (exact) mass is 340 g/mol. The molecule has 2 aromatic rings. The maximum absolute atomic E-state index is 13.4. The second kappa shape index (κ2) is 7.83. The van der Waals surface area contributed by atoms with Crippen LogP contribution >= 0.6 is 0 Å². The van der Waals surface area contributed by atoms with Gasteiger partial charge in [-0.2, -0.15) is 0 Å². The van der Waals surface area contributed by atoms with E-state index in [1.807, 2.05) is 49.5 Å². The number of aryl methyl sites for hydroxylation is 1. The Morgan fingerprint density at radius 3 is 2.76 bits per heavy atom. The fourth-order valence-electron chi connectivity index (χ4n) is 3.73. The van der Waals surface area contributed by atoms with E-state index in [9.17, 15) is 4.79 Å². The van der Waals surface area contributed by atoms with Crippen LogP contribution in [0.4, 0.5) is 0 Å². The molecule has 0 bridgehead atoms. The van der Waals surface area contributed by atoms with Crippen molar-refractivity contribution in [1.82, 2.24) is 19.4 Å². The molecule has 0 radical (unpaired) electrons. The number of aromatic nitrogens is 2. The molecule has 5 nitrogen and oxygen atoms in total. The predicted molar refractivity (Wildman–Crippen MR) is 99.3 cm³/mol. The summed E-state index contributed by atoms with van der Waals surface area (Å²) in [4.78, 5) is 21.9.